The van der Waals surface area contributed by atoms with Gasteiger partial charge in [-0.25, -0.2) is 0 Å². The highest BCUT2D eigenvalue weighted by Gasteiger charge is 2.55. The Morgan fingerprint density at radius 2 is 2.11 bits per heavy atom. The second-order valence-corrected chi connectivity index (χ2v) is 6.63. The fourth-order valence-electron chi connectivity index (χ4n) is 3.56. The van der Waals surface area contributed by atoms with Crippen LogP contribution in [0.5, 0.6) is 0 Å². The van der Waals surface area contributed by atoms with Crippen LogP contribution in [-0.4, -0.2) is 12.1 Å². The fraction of sp³-hybridized carbons (Fsp3) is 0.600. The molecule has 98 valence electrons. The van der Waals surface area contributed by atoms with Crippen molar-refractivity contribution in [1.82, 2.24) is 0 Å². The van der Waals surface area contributed by atoms with Crippen LogP contribution in [0.3, 0.4) is 0 Å². The SMILES string of the molecule is NC1CC(OCc2cccc(Br)c2)C12CCCC2. The lowest BCUT2D eigenvalue weighted by atomic mass is 9.61. The van der Waals surface area contributed by atoms with Crippen molar-refractivity contribution in [2.75, 3.05) is 0 Å². The zero-order chi connectivity index (χ0) is 12.6. The van der Waals surface area contributed by atoms with Crippen LogP contribution in [-0.2, 0) is 11.3 Å². The van der Waals surface area contributed by atoms with Gasteiger partial charge in [0, 0.05) is 15.9 Å². The third-order valence-electron chi connectivity index (χ3n) is 4.72. The molecule has 3 heteroatoms. The quantitative estimate of drug-likeness (QED) is 0.925. The molecule has 1 aromatic carbocycles. The molecule has 2 saturated carbocycles. The van der Waals surface area contributed by atoms with Crippen LogP contribution in [0.4, 0.5) is 0 Å². The number of hydrogen-bond donors (Lipinski definition) is 1. The Bertz CT molecular complexity index is 428. The molecule has 0 heterocycles. The highest BCUT2D eigenvalue weighted by atomic mass is 79.9. The van der Waals surface area contributed by atoms with Gasteiger partial charge in [0.05, 0.1) is 12.7 Å². The summed E-state index contributed by atoms with van der Waals surface area (Å²) in [6.07, 6.45) is 6.59. The number of nitrogens with two attached hydrogens (primary N) is 1. The van der Waals surface area contributed by atoms with Crippen molar-refractivity contribution in [1.29, 1.82) is 0 Å². The average Bonchev–Trinajstić information content (AvgIpc) is 2.86. The predicted octanol–water partition coefficient (Wildman–Crippen LogP) is 3.63. The first kappa shape index (κ1) is 12.6. The van der Waals surface area contributed by atoms with Gasteiger partial charge in [0.2, 0.25) is 0 Å². The van der Waals surface area contributed by atoms with E-state index in [0.717, 1.165) is 10.9 Å². The molecule has 1 aromatic rings. The minimum absolute atomic E-state index is 0.312. The Morgan fingerprint density at radius 1 is 1.33 bits per heavy atom. The zero-order valence-electron chi connectivity index (χ0n) is 10.6. The normalized spacial score (nSPS) is 29.4. The van der Waals surface area contributed by atoms with E-state index in [4.69, 9.17) is 10.5 Å². The zero-order valence-corrected chi connectivity index (χ0v) is 12.2. The molecule has 2 fully saturated rings. The molecule has 0 bridgehead atoms. The molecule has 2 unspecified atom stereocenters. The second-order valence-electron chi connectivity index (χ2n) is 5.71. The van der Waals surface area contributed by atoms with Crippen LogP contribution in [0.15, 0.2) is 28.7 Å². The molecule has 18 heavy (non-hydrogen) atoms. The first-order chi connectivity index (χ1) is 8.71. The Balaban J connectivity index is 1.61. The summed E-state index contributed by atoms with van der Waals surface area (Å²) in [5.74, 6) is 0. The molecule has 2 aliphatic rings. The van der Waals surface area contributed by atoms with Crippen LogP contribution < -0.4 is 5.73 Å². The number of halogens is 1. The molecule has 0 saturated heterocycles. The van der Waals surface area contributed by atoms with E-state index in [2.05, 4.69) is 34.1 Å². The minimum atomic E-state index is 0.312. The smallest absolute Gasteiger partial charge is 0.0721 e. The van der Waals surface area contributed by atoms with Crippen LogP contribution in [0, 0.1) is 5.41 Å². The van der Waals surface area contributed by atoms with E-state index in [9.17, 15) is 0 Å². The molecule has 2 nitrogen and oxygen atoms in total. The first-order valence-corrected chi connectivity index (χ1v) is 7.62. The van der Waals surface area contributed by atoms with Gasteiger partial charge in [0.25, 0.3) is 0 Å². The van der Waals surface area contributed by atoms with E-state index in [0.29, 0.717) is 24.2 Å². The van der Waals surface area contributed by atoms with Crippen LogP contribution in [0.2, 0.25) is 0 Å². The molecule has 0 radical (unpaired) electrons. The molecule has 2 aliphatic carbocycles. The minimum Gasteiger partial charge on any atom is -0.373 e. The van der Waals surface area contributed by atoms with E-state index in [1.54, 1.807) is 0 Å². The van der Waals surface area contributed by atoms with E-state index >= 15 is 0 Å². The molecule has 0 amide bonds. The van der Waals surface area contributed by atoms with Gasteiger partial charge < -0.3 is 10.5 Å². The largest absolute Gasteiger partial charge is 0.373 e. The van der Waals surface area contributed by atoms with E-state index in [-0.39, 0.29) is 0 Å². The highest BCUT2D eigenvalue weighted by molar-refractivity contribution is 9.10. The van der Waals surface area contributed by atoms with Gasteiger partial charge in [-0.1, -0.05) is 40.9 Å². The lowest BCUT2D eigenvalue weighted by Gasteiger charge is -2.52. The molecule has 2 N–H and O–H groups in total. The van der Waals surface area contributed by atoms with Crippen molar-refractivity contribution in [2.45, 2.75) is 50.9 Å². The maximum absolute atomic E-state index is 6.21. The summed E-state index contributed by atoms with van der Waals surface area (Å²) in [6, 6.07) is 8.71. The monoisotopic (exact) mass is 309 g/mol. The predicted molar refractivity (Wildman–Crippen MR) is 76.2 cm³/mol. The summed E-state index contributed by atoms with van der Waals surface area (Å²) < 4.78 is 7.24. The molecule has 2 atom stereocenters. The van der Waals surface area contributed by atoms with Gasteiger partial charge in [-0.15, -0.1) is 0 Å². The lowest BCUT2D eigenvalue weighted by Crippen LogP contribution is -2.60. The van der Waals surface area contributed by atoms with Crippen molar-refractivity contribution in [3.63, 3.8) is 0 Å². The van der Waals surface area contributed by atoms with Crippen molar-refractivity contribution in [3.8, 4) is 0 Å². The molecule has 0 aliphatic heterocycles. The molecule has 3 rings (SSSR count). The van der Waals surface area contributed by atoms with Crippen molar-refractivity contribution in [3.05, 3.63) is 34.3 Å². The number of ether oxygens (including phenoxy) is 1. The Labute approximate surface area is 117 Å². The van der Waals surface area contributed by atoms with E-state index < -0.39 is 0 Å². The van der Waals surface area contributed by atoms with Crippen LogP contribution in [0.25, 0.3) is 0 Å². The summed E-state index contributed by atoms with van der Waals surface area (Å²) in [6.45, 7) is 0.707. The Kier molecular flexibility index (Phi) is 3.48. The Hall–Kier alpha value is -0.380. The van der Waals surface area contributed by atoms with Gasteiger partial charge in [-0.2, -0.15) is 0 Å². The topological polar surface area (TPSA) is 35.2 Å². The third kappa shape index (κ3) is 2.13. The first-order valence-electron chi connectivity index (χ1n) is 6.82. The van der Waals surface area contributed by atoms with Crippen LogP contribution in [0.1, 0.15) is 37.7 Å². The lowest BCUT2D eigenvalue weighted by molar-refractivity contribution is -0.130. The molecular weight excluding hydrogens is 290 g/mol. The molecular formula is C15H20BrNO. The van der Waals surface area contributed by atoms with Crippen molar-refractivity contribution in [2.24, 2.45) is 11.1 Å². The summed E-state index contributed by atoms with van der Waals surface area (Å²) in [4.78, 5) is 0. The van der Waals surface area contributed by atoms with E-state index in [1.807, 2.05) is 6.07 Å². The summed E-state index contributed by atoms with van der Waals surface area (Å²) in [7, 11) is 0. The second kappa shape index (κ2) is 4.95. The average molecular weight is 310 g/mol. The summed E-state index contributed by atoms with van der Waals surface area (Å²) in [5, 5.41) is 0. The number of benzene rings is 1. The van der Waals surface area contributed by atoms with E-state index in [1.165, 1.54) is 31.2 Å². The van der Waals surface area contributed by atoms with Gasteiger partial charge >= 0.3 is 0 Å². The standard InChI is InChI=1S/C15H20BrNO/c16-12-5-3-4-11(8-12)10-18-14-9-13(17)15(14)6-1-2-7-15/h3-5,8,13-14H,1-2,6-7,9-10,17H2. The van der Waals surface area contributed by atoms with Gasteiger partial charge in [-0.05, 0) is 37.0 Å². The highest BCUT2D eigenvalue weighted by Crippen LogP contribution is 2.53. The summed E-state index contributed by atoms with van der Waals surface area (Å²) in [5.41, 5.74) is 7.76. The maximum Gasteiger partial charge on any atom is 0.0721 e. The third-order valence-corrected chi connectivity index (χ3v) is 5.22. The van der Waals surface area contributed by atoms with Gasteiger partial charge in [-0.3, -0.25) is 0 Å². The maximum atomic E-state index is 6.21. The fourth-order valence-corrected chi connectivity index (χ4v) is 4.01. The van der Waals surface area contributed by atoms with Gasteiger partial charge in [0.1, 0.15) is 0 Å². The Morgan fingerprint density at radius 3 is 2.78 bits per heavy atom. The number of hydrogen-bond acceptors (Lipinski definition) is 2. The molecule has 1 spiro atoms. The van der Waals surface area contributed by atoms with Crippen molar-refractivity contribution >= 4 is 15.9 Å². The number of rotatable bonds is 3. The van der Waals surface area contributed by atoms with Crippen LogP contribution >= 0.6 is 15.9 Å². The summed E-state index contributed by atoms with van der Waals surface area (Å²) >= 11 is 3.49. The van der Waals surface area contributed by atoms with Crippen molar-refractivity contribution < 1.29 is 4.74 Å². The van der Waals surface area contributed by atoms with Gasteiger partial charge in [0.15, 0.2) is 0 Å². The molecule has 0 aromatic heterocycles.